The predicted octanol–water partition coefficient (Wildman–Crippen LogP) is 1.42. The predicted molar refractivity (Wildman–Crippen MR) is 79.8 cm³/mol. The summed E-state index contributed by atoms with van der Waals surface area (Å²) in [5.41, 5.74) is -0.739. The molecule has 0 aromatic carbocycles. The summed E-state index contributed by atoms with van der Waals surface area (Å²) in [7, 11) is 1.44. The Morgan fingerprint density at radius 1 is 1.50 bits per heavy atom. The van der Waals surface area contributed by atoms with Crippen LogP contribution in [-0.4, -0.2) is 61.4 Å². The van der Waals surface area contributed by atoms with Crippen molar-refractivity contribution in [2.24, 2.45) is 0 Å². The average Bonchev–Trinajstić information content (AvgIpc) is 2.33. The molecule has 1 saturated heterocycles. The first-order valence-corrected chi connectivity index (χ1v) is 7.41. The van der Waals surface area contributed by atoms with Crippen molar-refractivity contribution in [3.63, 3.8) is 0 Å². The minimum Gasteiger partial charge on any atom is -0.468 e. The Kier molecular flexibility index (Phi) is 5.98. The molecule has 1 rings (SSSR count). The van der Waals surface area contributed by atoms with Crippen molar-refractivity contribution in [2.45, 2.75) is 58.2 Å². The number of esters is 1. The van der Waals surface area contributed by atoms with Gasteiger partial charge in [0.2, 0.25) is 0 Å². The molecule has 1 fully saturated rings. The van der Waals surface area contributed by atoms with E-state index in [1.165, 1.54) is 7.11 Å². The molecule has 1 atom stereocenters. The third-order valence-corrected chi connectivity index (χ3v) is 3.68. The third kappa shape index (κ3) is 5.04. The zero-order valence-corrected chi connectivity index (χ0v) is 13.8. The number of rotatable bonds is 6. The quantitative estimate of drug-likeness (QED) is 0.748. The van der Waals surface area contributed by atoms with Gasteiger partial charge in [0.15, 0.2) is 0 Å². The van der Waals surface area contributed by atoms with Gasteiger partial charge in [-0.05, 0) is 41.0 Å². The van der Waals surface area contributed by atoms with Gasteiger partial charge in [0.05, 0.1) is 19.3 Å². The summed E-state index contributed by atoms with van der Waals surface area (Å²) in [5, 5.41) is 3.33. The van der Waals surface area contributed by atoms with Crippen LogP contribution in [0.25, 0.3) is 0 Å². The van der Waals surface area contributed by atoms with E-state index in [2.05, 4.69) is 24.1 Å². The minimum absolute atomic E-state index is 0.106. The molecule has 0 aromatic rings. The maximum atomic E-state index is 12.0. The number of methoxy groups -OCH3 is 1. The SMILES string of the molecule is COC(=O)C(C)(CCN1CCOC(C)(C)C1)NC(C)C. The maximum absolute atomic E-state index is 12.0. The van der Waals surface area contributed by atoms with Gasteiger partial charge in [-0.3, -0.25) is 15.0 Å². The van der Waals surface area contributed by atoms with Gasteiger partial charge in [-0.15, -0.1) is 0 Å². The van der Waals surface area contributed by atoms with Crippen LogP contribution in [0.5, 0.6) is 0 Å². The van der Waals surface area contributed by atoms with Crippen molar-refractivity contribution in [3.8, 4) is 0 Å². The highest BCUT2D eigenvalue weighted by Gasteiger charge is 2.36. The lowest BCUT2D eigenvalue weighted by molar-refractivity contribution is -0.149. The van der Waals surface area contributed by atoms with E-state index in [4.69, 9.17) is 9.47 Å². The summed E-state index contributed by atoms with van der Waals surface area (Å²) in [6, 6.07) is 0.236. The highest BCUT2D eigenvalue weighted by molar-refractivity contribution is 5.80. The molecule has 1 aliphatic rings. The molecule has 1 heterocycles. The number of morpholine rings is 1. The zero-order chi connectivity index (χ0) is 15.4. The highest BCUT2D eigenvalue weighted by atomic mass is 16.5. The van der Waals surface area contributed by atoms with Crippen molar-refractivity contribution in [1.82, 2.24) is 10.2 Å². The molecule has 5 heteroatoms. The third-order valence-electron chi connectivity index (χ3n) is 3.68. The van der Waals surface area contributed by atoms with Crippen LogP contribution in [0.3, 0.4) is 0 Å². The van der Waals surface area contributed by atoms with E-state index in [0.29, 0.717) is 0 Å². The van der Waals surface area contributed by atoms with Crippen molar-refractivity contribution in [2.75, 3.05) is 33.4 Å². The summed E-state index contributed by atoms with van der Waals surface area (Å²) >= 11 is 0. The van der Waals surface area contributed by atoms with Crippen LogP contribution in [0.15, 0.2) is 0 Å². The first-order valence-electron chi connectivity index (χ1n) is 7.41. The molecule has 118 valence electrons. The number of hydrogen-bond donors (Lipinski definition) is 1. The first-order chi connectivity index (χ1) is 9.18. The van der Waals surface area contributed by atoms with E-state index in [1.807, 2.05) is 20.8 Å². The molecular formula is C15H30N2O3. The zero-order valence-electron chi connectivity index (χ0n) is 13.8. The Labute approximate surface area is 123 Å². The standard InChI is InChI=1S/C15H30N2O3/c1-12(2)16-15(5,13(18)19-6)7-8-17-9-10-20-14(3,4)11-17/h12,16H,7-11H2,1-6H3. The lowest BCUT2D eigenvalue weighted by Crippen LogP contribution is -2.56. The molecule has 0 saturated carbocycles. The van der Waals surface area contributed by atoms with E-state index in [9.17, 15) is 4.79 Å². The Bertz CT molecular complexity index is 331. The fourth-order valence-electron chi connectivity index (χ4n) is 2.78. The number of ether oxygens (including phenoxy) is 2. The van der Waals surface area contributed by atoms with Crippen molar-refractivity contribution in [3.05, 3.63) is 0 Å². The van der Waals surface area contributed by atoms with E-state index < -0.39 is 5.54 Å². The van der Waals surface area contributed by atoms with E-state index >= 15 is 0 Å². The number of carbonyl (C=O) groups excluding carboxylic acids is 1. The van der Waals surface area contributed by atoms with Gasteiger partial charge >= 0.3 is 5.97 Å². The Morgan fingerprint density at radius 2 is 2.15 bits per heavy atom. The number of carbonyl (C=O) groups is 1. The highest BCUT2D eigenvalue weighted by Crippen LogP contribution is 2.19. The summed E-state index contributed by atoms with van der Waals surface area (Å²) in [6.07, 6.45) is 0.730. The summed E-state index contributed by atoms with van der Waals surface area (Å²) in [5.74, 6) is -0.196. The fraction of sp³-hybridized carbons (Fsp3) is 0.933. The van der Waals surface area contributed by atoms with E-state index in [0.717, 1.165) is 32.7 Å². The van der Waals surface area contributed by atoms with Crippen LogP contribution in [0, 0.1) is 0 Å². The van der Waals surface area contributed by atoms with Crippen LogP contribution in [0.2, 0.25) is 0 Å². The van der Waals surface area contributed by atoms with E-state index in [-0.39, 0.29) is 17.6 Å². The average molecular weight is 286 g/mol. The van der Waals surface area contributed by atoms with Gasteiger partial charge in [-0.1, -0.05) is 0 Å². The second-order valence-corrected chi connectivity index (χ2v) is 6.76. The van der Waals surface area contributed by atoms with E-state index in [1.54, 1.807) is 0 Å². The molecule has 20 heavy (non-hydrogen) atoms. The lowest BCUT2D eigenvalue weighted by Gasteiger charge is -2.40. The number of nitrogens with one attached hydrogen (secondary N) is 1. The van der Waals surface area contributed by atoms with Gasteiger partial charge in [-0.2, -0.15) is 0 Å². The van der Waals surface area contributed by atoms with Crippen LogP contribution in [-0.2, 0) is 14.3 Å². The molecule has 0 amide bonds. The van der Waals surface area contributed by atoms with Gasteiger partial charge in [0.1, 0.15) is 5.54 Å². The van der Waals surface area contributed by atoms with Crippen LogP contribution in [0.4, 0.5) is 0 Å². The van der Waals surface area contributed by atoms with Crippen LogP contribution < -0.4 is 5.32 Å². The summed E-state index contributed by atoms with van der Waals surface area (Å²) in [4.78, 5) is 14.4. The topological polar surface area (TPSA) is 50.8 Å². The Morgan fingerprint density at radius 3 is 2.65 bits per heavy atom. The van der Waals surface area contributed by atoms with Crippen LogP contribution in [0.1, 0.15) is 41.0 Å². The molecular weight excluding hydrogens is 256 g/mol. The molecule has 0 bridgehead atoms. The minimum atomic E-state index is -0.634. The molecule has 0 aromatic heterocycles. The van der Waals surface area contributed by atoms with Gasteiger partial charge in [-0.25, -0.2) is 0 Å². The molecule has 5 nitrogen and oxygen atoms in total. The smallest absolute Gasteiger partial charge is 0.325 e. The van der Waals surface area contributed by atoms with Crippen LogP contribution >= 0.6 is 0 Å². The van der Waals surface area contributed by atoms with Gasteiger partial charge in [0.25, 0.3) is 0 Å². The molecule has 0 aliphatic carbocycles. The second kappa shape index (κ2) is 6.87. The molecule has 0 radical (unpaired) electrons. The monoisotopic (exact) mass is 286 g/mol. The van der Waals surface area contributed by atoms with Crippen molar-refractivity contribution < 1.29 is 14.3 Å². The Hall–Kier alpha value is -0.650. The molecule has 1 unspecified atom stereocenters. The lowest BCUT2D eigenvalue weighted by atomic mass is 9.95. The van der Waals surface area contributed by atoms with Gasteiger partial charge < -0.3 is 9.47 Å². The summed E-state index contributed by atoms with van der Waals surface area (Å²) in [6.45, 7) is 13.6. The number of nitrogens with zero attached hydrogens (tertiary/aromatic N) is 1. The largest absolute Gasteiger partial charge is 0.468 e. The molecule has 0 spiro atoms. The fourth-order valence-corrected chi connectivity index (χ4v) is 2.78. The Balaban J connectivity index is 2.60. The summed E-state index contributed by atoms with van der Waals surface area (Å²) < 4.78 is 10.7. The van der Waals surface area contributed by atoms with Crippen molar-refractivity contribution >= 4 is 5.97 Å². The normalized spacial score (nSPS) is 22.6. The number of hydrogen-bond acceptors (Lipinski definition) is 5. The van der Waals surface area contributed by atoms with Gasteiger partial charge in [0, 0.05) is 25.7 Å². The molecule has 1 aliphatic heterocycles. The van der Waals surface area contributed by atoms with Crippen molar-refractivity contribution in [1.29, 1.82) is 0 Å². The second-order valence-electron chi connectivity index (χ2n) is 6.76. The molecule has 1 N–H and O–H groups in total. The maximum Gasteiger partial charge on any atom is 0.325 e. The first kappa shape index (κ1) is 17.4.